The normalized spacial score (nSPS) is 14.7. The van der Waals surface area contributed by atoms with Crippen LogP contribution >= 0.6 is 0 Å². The molecule has 1 aromatic heterocycles. The van der Waals surface area contributed by atoms with Gasteiger partial charge in [-0.05, 0) is 106 Å². The lowest BCUT2D eigenvalue weighted by Crippen LogP contribution is -2.18. The van der Waals surface area contributed by atoms with Crippen molar-refractivity contribution in [2.24, 2.45) is 11.8 Å². The fourth-order valence-electron chi connectivity index (χ4n) is 5.96. The molecule has 2 heteroatoms. The number of aromatic amines is 1. The minimum absolute atomic E-state index is 0. The maximum atomic E-state index is 4.07. The summed E-state index contributed by atoms with van der Waals surface area (Å²) >= 11 is 0. The number of H-pyrrole nitrogens is 1. The number of aryl methyl sites for hydroxylation is 2. The van der Waals surface area contributed by atoms with Crippen molar-refractivity contribution in [3.05, 3.63) is 63.5 Å². The Morgan fingerprint density at radius 2 is 1.26 bits per heavy atom. The maximum Gasteiger partial charge on any atom is 0.0522 e. The summed E-state index contributed by atoms with van der Waals surface area (Å²) in [4.78, 5) is 0. The smallest absolute Gasteiger partial charge is 0.0522 e. The Hall–Kier alpha value is -2.09. The van der Waals surface area contributed by atoms with Gasteiger partial charge in [0.1, 0.15) is 0 Å². The summed E-state index contributed by atoms with van der Waals surface area (Å²) in [6, 6.07) is 7.39. The highest BCUT2D eigenvalue weighted by Gasteiger charge is 2.22. The molecule has 3 aromatic rings. The van der Waals surface area contributed by atoms with Crippen molar-refractivity contribution < 1.29 is 0 Å². The van der Waals surface area contributed by atoms with E-state index in [0.717, 1.165) is 11.8 Å². The molecule has 0 saturated carbocycles. The molecule has 2 nitrogen and oxygen atoms in total. The molecule has 0 radical (unpaired) electrons. The topological polar surface area (TPSA) is 28.7 Å². The zero-order valence-corrected chi connectivity index (χ0v) is 24.3. The summed E-state index contributed by atoms with van der Waals surface area (Å²) in [6.07, 6.45) is 5.73. The van der Waals surface area contributed by atoms with Crippen LogP contribution in [0.15, 0.2) is 24.4 Å². The lowest BCUT2D eigenvalue weighted by atomic mass is 9.81. The molecule has 4 rings (SSSR count). The van der Waals surface area contributed by atoms with Crippen molar-refractivity contribution in [1.29, 1.82) is 0 Å². The molecule has 216 valence electrons. The number of hydrogen-bond acceptors (Lipinski definition) is 1. The molecule has 0 aliphatic heterocycles. The highest BCUT2D eigenvalue weighted by molar-refractivity contribution is 5.89. The molecular formula is C36H62N2. The van der Waals surface area contributed by atoms with E-state index in [1.54, 1.807) is 5.56 Å². The summed E-state index contributed by atoms with van der Waals surface area (Å²) in [5, 5.41) is 10.0. The first-order valence-corrected chi connectivity index (χ1v) is 14.0. The second-order valence-corrected chi connectivity index (χ2v) is 12.4. The fourth-order valence-corrected chi connectivity index (χ4v) is 5.96. The summed E-state index contributed by atoms with van der Waals surface area (Å²) in [5.74, 6) is 3.97. The van der Waals surface area contributed by atoms with Gasteiger partial charge >= 0.3 is 0 Å². The van der Waals surface area contributed by atoms with Crippen LogP contribution in [0.2, 0.25) is 0 Å². The van der Waals surface area contributed by atoms with Gasteiger partial charge in [-0.2, -0.15) is 5.10 Å². The van der Waals surface area contributed by atoms with E-state index in [4.69, 9.17) is 0 Å². The van der Waals surface area contributed by atoms with E-state index in [1.807, 2.05) is 6.20 Å². The molecule has 1 atom stereocenters. The molecule has 1 aliphatic carbocycles. The van der Waals surface area contributed by atoms with Crippen molar-refractivity contribution in [1.82, 2.24) is 10.2 Å². The molecule has 1 unspecified atom stereocenters. The van der Waals surface area contributed by atoms with Crippen LogP contribution in [0.5, 0.6) is 0 Å². The van der Waals surface area contributed by atoms with Crippen molar-refractivity contribution in [2.45, 2.75) is 141 Å². The Labute approximate surface area is 237 Å². The van der Waals surface area contributed by atoms with E-state index in [9.17, 15) is 0 Å². The average molecular weight is 523 g/mol. The Balaban J connectivity index is 0.000000777. The third-order valence-corrected chi connectivity index (χ3v) is 8.13. The first kappa shape index (κ1) is 35.9. The minimum Gasteiger partial charge on any atom is -0.282 e. The van der Waals surface area contributed by atoms with E-state index in [0.29, 0.717) is 23.7 Å². The molecule has 1 aliphatic rings. The first-order chi connectivity index (χ1) is 16.4. The van der Waals surface area contributed by atoms with E-state index in [1.165, 1.54) is 63.5 Å². The van der Waals surface area contributed by atoms with Gasteiger partial charge in [0, 0.05) is 5.69 Å². The Kier molecular flexibility index (Phi) is 14.1. The van der Waals surface area contributed by atoms with E-state index >= 15 is 0 Å². The third kappa shape index (κ3) is 7.73. The molecule has 38 heavy (non-hydrogen) atoms. The van der Waals surface area contributed by atoms with Crippen molar-refractivity contribution in [3.8, 4) is 0 Å². The number of fused-ring (bicyclic) bond motifs is 2. The van der Waals surface area contributed by atoms with Crippen LogP contribution in [0, 0.1) is 18.8 Å². The van der Waals surface area contributed by atoms with Crippen molar-refractivity contribution >= 4 is 10.8 Å². The molecular weight excluding hydrogens is 460 g/mol. The van der Waals surface area contributed by atoms with Crippen LogP contribution in [0.25, 0.3) is 10.8 Å². The minimum atomic E-state index is 0. The van der Waals surface area contributed by atoms with Crippen LogP contribution in [-0.4, -0.2) is 10.2 Å². The van der Waals surface area contributed by atoms with E-state index in [-0.39, 0.29) is 22.3 Å². The molecule has 0 bridgehead atoms. The van der Waals surface area contributed by atoms with E-state index in [2.05, 4.69) is 105 Å². The lowest BCUT2D eigenvalue weighted by Gasteiger charge is -2.24. The number of benzene rings is 2. The molecule has 1 N–H and O–H groups in total. The molecule has 0 saturated heterocycles. The fraction of sp³-hybridized carbons (Fsp3) is 0.639. The predicted octanol–water partition coefficient (Wildman–Crippen LogP) is 11.7. The van der Waals surface area contributed by atoms with Gasteiger partial charge in [-0.15, -0.1) is 0 Å². The molecule has 1 heterocycles. The number of nitrogens with zero attached hydrogens (tertiary/aromatic N) is 1. The van der Waals surface area contributed by atoms with Crippen molar-refractivity contribution in [3.63, 3.8) is 0 Å². The monoisotopic (exact) mass is 522 g/mol. The molecule has 0 spiro atoms. The Bertz CT molecular complexity index is 1120. The summed E-state index contributed by atoms with van der Waals surface area (Å²) in [6.45, 7) is 25.5. The number of aromatic nitrogens is 2. The predicted molar refractivity (Wildman–Crippen MR) is 174 cm³/mol. The summed E-state index contributed by atoms with van der Waals surface area (Å²) < 4.78 is 0. The SMILES string of the molecule is C.C.C.CC(C)C1CCc2[nH]ncc2C1.Cc1c(C(C)C)c(C(C)C)cc2cc(C(C)C)c(C(C)C)cc12. The summed E-state index contributed by atoms with van der Waals surface area (Å²) in [5.41, 5.74) is 10.4. The highest BCUT2D eigenvalue weighted by Crippen LogP contribution is 2.38. The Morgan fingerprint density at radius 3 is 1.76 bits per heavy atom. The van der Waals surface area contributed by atoms with Gasteiger partial charge in [-0.25, -0.2) is 0 Å². The quantitative estimate of drug-likeness (QED) is 0.354. The number of nitrogens with one attached hydrogen (secondary N) is 1. The van der Waals surface area contributed by atoms with Gasteiger partial charge in [-0.1, -0.05) is 110 Å². The second-order valence-electron chi connectivity index (χ2n) is 12.4. The van der Waals surface area contributed by atoms with Gasteiger partial charge in [0.15, 0.2) is 0 Å². The maximum absolute atomic E-state index is 4.07. The summed E-state index contributed by atoms with van der Waals surface area (Å²) in [7, 11) is 0. The van der Waals surface area contributed by atoms with Crippen LogP contribution < -0.4 is 0 Å². The van der Waals surface area contributed by atoms with Gasteiger partial charge in [0.2, 0.25) is 0 Å². The Morgan fingerprint density at radius 1 is 0.737 bits per heavy atom. The van der Waals surface area contributed by atoms with Gasteiger partial charge in [0.25, 0.3) is 0 Å². The molecule has 0 fully saturated rings. The van der Waals surface area contributed by atoms with Crippen molar-refractivity contribution in [2.75, 3.05) is 0 Å². The van der Waals surface area contributed by atoms with Crippen LogP contribution in [0.4, 0.5) is 0 Å². The highest BCUT2D eigenvalue weighted by atomic mass is 15.1. The first-order valence-electron chi connectivity index (χ1n) is 14.0. The average Bonchev–Trinajstić information content (AvgIpc) is 3.26. The number of hydrogen-bond donors (Lipinski definition) is 1. The van der Waals surface area contributed by atoms with Gasteiger partial charge < -0.3 is 0 Å². The largest absolute Gasteiger partial charge is 0.282 e. The van der Waals surface area contributed by atoms with Crippen LogP contribution in [0.3, 0.4) is 0 Å². The second kappa shape index (κ2) is 14.9. The lowest BCUT2D eigenvalue weighted by molar-refractivity contribution is 0.342. The van der Waals surface area contributed by atoms with Crippen LogP contribution in [0.1, 0.15) is 161 Å². The van der Waals surface area contributed by atoms with Gasteiger partial charge in [-0.3, -0.25) is 5.10 Å². The number of rotatable bonds is 5. The molecule has 0 amide bonds. The zero-order valence-electron chi connectivity index (χ0n) is 24.3. The zero-order chi connectivity index (χ0) is 26.0. The molecule has 2 aromatic carbocycles. The third-order valence-electron chi connectivity index (χ3n) is 8.13. The van der Waals surface area contributed by atoms with E-state index < -0.39 is 0 Å². The van der Waals surface area contributed by atoms with Gasteiger partial charge in [0.05, 0.1) is 6.20 Å². The standard InChI is InChI=1S/C23H34.C10H16N2.3CH4/c1-13(2)19-10-18-11-21(15(5)6)23(16(7)8)17(9)22(18)12-20(19)14(3)4;1-7(2)8-3-4-10-9(5-8)6-11-12-10;;;/h10-16H,1-9H3;6-8H,3-5H2,1-2H3,(H,11,12);3*1H4. The van der Waals surface area contributed by atoms with Crippen LogP contribution in [-0.2, 0) is 12.8 Å².